The van der Waals surface area contributed by atoms with Gasteiger partial charge in [0.1, 0.15) is 0 Å². The molecule has 5 nitrogen and oxygen atoms in total. The number of hydrogen-bond acceptors (Lipinski definition) is 3. The van der Waals surface area contributed by atoms with Gasteiger partial charge in [0.15, 0.2) is 0 Å². The van der Waals surface area contributed by atoms with E-state index in [1.807, 2.05) is 29.8 Å². The molecule has 0 saturated carbocycles. The topological polar surface area (TPSA) is 50.2 Å². The molecule has 2 aromatic carbocycles. The predicted molar refractivity (Wildman–Crippen MR) is 111 cm³/mol. The lowest BCUT2D eigenvalue weighted by molar-refractivity contribution is 0.0937. The first-order valence-electron chi connectivity index (χ1n) is 9.79. The molecule has 0 bridgehead atoms. The Balaban J connectivity index is 1.39. The van der Waals surface area contributed by atoms with Gasteiger partial charge in [-0.15, -0.1) is 0 Å². The fourth-order valence-electron chi connectivity index (χ4n) is 3.85. The van der Waals surface area contributed by atoms with Crippen LogP contribution in [0.25, 0.3) is 5.69 Å². The van der Waals surface area contributed by atoms with Crippen molar-refractivity contribution in [3.63, 3.8) is 0 Å². The Hall–Kier alpha value is -2.92. The number of carbonyl (C=O) groups is 1. The van der Waals surface area contributed by atoms with E-state index in [0.29, 0.717) is 5.56 Å². The number of hydrogen-bond donors (Lipinski definition) is 1. The second kappa shape index (κ2) is 7.98. The summed E-state index contributed by atoms with van der Waals surface area (Å²) in [5.41, 5.74) is 4.96. The summed E-state index contributed by atoms with van der Waals surface area (Å²) in [7, 11) is 0. The van der Waals surface area contributed by atoms with Gasteiger partial charge in [0.2, 0.25) is 0 Å². The van der Waals surface area contributed by atoms with Crippen LogP contribution in [-0.4, -0.2) is 39.7 Å². The molecule has 3 aromatic rings. The monoisotopic (exact) mass is 374 g/mol. The van der Waals surface area contributed by atoms with Crippen LogP contribution in [-0.2, 0) is 6.54 Å². The van der Waals surface area contributed by atoms with Gasteiger partial charge < -0.3 is 5.32 Å². The van der Waals surface area contributed by atoms with Gasteiger partial charge in [-0.25, -0.2) is 4.68 Å². The van der Waals surface area contributed by atoms with Crippen molar-refractivity contribution in [3.05, 3.63) is 83.2 Å². The maximum Gasteiger partial charge on any atom is 0.255 e. The molecule has 1 fully saturated rings. The van der Waals surface area contributed by atoms with Crippen molar-refractivity contribution in [1.82, 2.24) is 20.0 Å². The first-order valence-corrected chi connectivity index (χ1v) is 9.79. The summed E-state index contributed by atoms with van der Waals surface area (Å²) in [4.78, 5) is 15.2. The van der Waals surface area contributed by atoms with Crippen molar-refractivity contribution in [3.8, 4) is 5.69 Å². The van der Waals surface area contributed by atoms with Crippen molar-refractivity contribution in [2.24, 2.45) is 0 Å². The maximum atomic E-state index is 12.8. The summed E-state index contributed by atoms with van der Waals surface area (Å²) in [6, 6.07) is 18.8. The molecular weight excluding hydrogens is 348 g/mol. The van der Waals surface area contributed by atoms with E-state index in [4.69, 9.17) is 0 Å². The van der Waals surface area contributed by atoms with E-state index in [2.05, 4.69) is 58.6 Å². The first-order chi connectivity index (χ1) is 13.6. The van der Waals surface area contributed by atoms with E-state index in [0.717, 1.165) is 37.4 Å². The quantitative estimate of drug-likeness (QED) is 0.744. The van der Waals surface area contributed by atoms with Gasteiger partial charge in [0.25, 0.3) is 5.91 Å². The second-order valence-corrected chi connectivity index (χ2v) is 7.57. The second-order valence-electron chi connectivity index (χ2n) is 7.57. The fraction of sp³-hybridized carbons (Fsp3) is 0.304. The Morgan fingerprint density at radius 1 is 1.14 bits per heavy atom. The van der Waals surface area contributed by atoms with Crippen LogP contribution in [0.3, 0.4) is 0 Å². The number of nitrogens with one attached hydrogen (secondary N) is 1. The van der Waals surface area contributed by atoms with Gasteiger partial charge in [0.05, 0.1) is 23.1 Å². The molecule has 1 amide bonds. The van der Waals surface area contributed by atoms with Crippen LogP contribution in [0.15, 0.2) is 60.8 Å². The Morgan fingerprint density at radius 3 is 2.75 bits per heavy atom. The molecular formula is C23H26N4O. The Bertz CT molecular complexity index is 964. The minimum atomic E-state index is -0.0389. The smallest absolute Gasteiger partial charge is 0.255 e. The van der Waals surface area contributed by atoms with Gasteiger partial charge in [-0.05, 0) is 43.5 Å². The number of amides is 1. The molecule has 1 saturated heterocycles. The lowest BCUT2D eigenvalue weighted by atomic mass is 10.2. The third-order valence-electron chi connectivity index (χ3n) is 5.36. The van der Waals surface area contributed by atoms with Crippen LogP contribution >= 0.6 is 0 Å². The summed E-state index contributed by atoms with van der Waals surface area (Å²) in [6.07, 6.45) is 2.65. The summed E-state index contributed by atoms with van der Waals surface area (Å²) in [5, 5.41) is 7.63. The van der Waals surface area contributed by atoms with Gasteiger partial charge in [0, 0.05) is 25.7 Å². The average Bonchev–Trinajstić information content (AvgIpc) is 3.29. The van der Waals surface area contributed by atoms with Crippen LogP contribution in [0.4, 0.5) is 0 Å². The summed E-state index contributed by atoms with van der Waals surface area (Å²) >= 11 is 0. The molecule has 0 aliphatic carbocycles. The van der Waals surface area contributed by atoms with Crippen molar-refractivity contribution < 1.29 is 4.79 Å². The number of nitrogens with zero attached hydrogens (tertiary/aromatic N) is 3. The third-order valence-corrected chi connectivity index (χ3v) is 5.36. The summed E-state index contributed by atoms with van der Waals surface area (Å²) < 4.78 is 1.83. The van der Waals surface area contributed by atoms with E-state index in [1.54, 1.807) is 6.20 Å². The number of aryl methyl sites for hydroxylation is 1. The highest BCUT2D eigenvalue weighted by Crippen LogP contribution is 2.17. The Morgan fingerprint density at radius 2 is 1.96 bits per heavy atom. The first kappa shape index (κ1) is 18.4. The fourth-order valence-corrected chi connectivity index (χ4v) is 3.85. The van der Waals surface area contributed by atoms with Crippen LogP contribution in [0, 0.1) is 13.8 Å². The largest absolute Gasteiger partial charge is 0.348 e. The predicted octanol–water partition coefficient (Wildman–Crippen LogP) is 3.49. The molecule has 1 aliphatic rings. The number of carbonyl (C=O) groups excluding carboxylic acids is 1. The number of likely N-dealkylation sites (tertiary alicyclic amines) is 1. The minimum absolute atomic E-state index is 0.0389. The van der Waals surface area contributed by atoms with Crippen LogP contribution in [0.1, 0.15) is 33.6 Å². The molecule has 144 valence electrons. The van der Waals surface area contributed by atoms with Crippen LogP contribution < -0.4 is 5.32 Å². The maximum absolute atomic E-state index is 12.8. The molecule has 0 spiro atoms. The zero-order chi connectivity index (χ0) is 19.5. The van der Waals surface area contributed by atoms with E-state index in [9.17, 15) is 4.79 Å². The third kappa shape index (κ3) is 3.99. The molecule has 0 radical (unpaired) electrons. The van der Waals surface area contributed by atoms with Crippen molar-refractivity contribution in [2.45, 2.75) is 32.9 Å². The van der Waals surface area contributed by atoms with Gasteiger partial charge in [-0.3, -0.25) is 9.69 Å². The lowest BCUT2D eigenvalue weighted by Crippen LogP contribution is -2.37. The van der Waals surface area contributed by atoms with Crippen LogP contribution in [0.2, 0.25) is 0 Å². The molecule has 4 rings (SSSR count). The molecule has 1 aromatic heterocycles. The van der Waals surface area contributed by atoms with E-state index < -0.39 is 0 Å². The number of rotatable bonds is 5. The molecule has 1 N–H and O–H groups in total. The van der Waals surface area contributed by atoms with Gasteiger partial charge >= 0.3 is 0 Å². The Kier molecular flexibility index (Phi) is 5.26. The van der Waals surface area contributed by atoms with E-state index >= 15 is 0 Å². The SMILES string of the molecule is Cc1cccc(-n2ncc(C(=O)N[C@@H]3CCN(Cc4ccccc4)C3)c2C)c1. The molecule has 1 aliphatic heterocycles. The summed E-state index contributed by atoms with van der Waals surface area (Å²) in [5.74, 6) is -0.0389. The molecule has 0 unspecified atom stereocenters. The zero-order valence-electron chi connectivity index (χ0n) is 16.4. The highest BCUT2D eigenvalue weighted by Gasteiger charge is 2.25. The zero-order valence-corrected chi connectivity index (χ0v) is 16.4. The average molecular weight is 374 g/mol. The molecule has 5 heteroatoms. The Labute approximate surface area is 166 Å². The standard InChI is InChI=1S/C23H26N4O/c1-17-7-6-10-21(13-17)27-18(2)22(14-24-27)23(28)25-20-11-12-26(16-20)15-19-8-4-3-5-9-19/h3-10,13-14,20H,11-12,15-16H2,1-2H3,(H,25,28)/t20-/m1/s1. The number of aromatic nitrogens is 2. The molecule has 1 atom stereocenters. The van der Waals surface area contributed by atoms with E-state index in [-0.39, 0.29) is 11.9 Å². The summed E-state index contributed by atoms with van der Waals surface area (Å²) in [6.45, 7) is 6.81. The molecule has 28 heavy (non-hydrogen) atoms. The normalized spacial score (nSPS) is 17.0. The van der Waals surface area contributed by atoms with Crippen molar-refractivity contribution >= 4 is 5.91 Å². The van der Waals surface area contributed by atoms with Crippen molar-refractivity contribution in [1.29, 1.82) is 0 Å². The van der Waals surface area contributed by atoms with Gasteiger partial charge in [-0.1, -0.05) is 42.5 Å². The van der Waals surface area contributed by atoms with E-state index in [1.165, 1.54) is 11.1 Å². The lowest BCUT2D eigenvalue weighted by Gasteiger charge is -2.16. The highest BCUT2D eigenvalue weighted by atomic mass is 16.1. The molecule has 2 heterocycles. The van der Waals surface area contributed by atoms with Crippen LogP contribution in [0.5, 0.6) is 0 Å². The highest BCUT2D eigenvalue weighted by molar-refractivity contribution is 5.95. The number of benzene rings is 2. The minimum Gasteiger partial charge on any atom is -0.348 e. The van der Waals surface area contributed by atoms with Crippen molar-refractivity contribution in [2.75, 3.05) is 13.1 Å². The van der Waals surface area contributed by atoms with Gasteiger partial charge in [-0.2, -0.15) is 5.10 Å².